The van der Waals surface area contributed by atoms with Gasteiger partial charge in [-0.3, -0.25) is 52.7 Å². The highest BCUT2D eigenvalue weighted by Gasteiger charge is 2.41. The Hall–Kier alpha value is -8.29. The second-order valence-electron chi connectivity index (χ2n) is 24.3. The Morgan fingerprint density at radius 1 is 0.589 bits per heavy atom. The van der Waals surface area contributed by atoms with Crippen molar-refractivity contribution in [1.29, 1.82) is 0 Å². The third-order valence-electron chi connectivity index (χ3n) is 17.1. The molecule has 1 aliphatic heterocycles. The molecule has 0 aromatic heterocycles. The van der Waals surface area contributed by atoms with Crippen molar-refractivity contribution in [3.05, 3.63) is 59.7 Å². The van der Waals surface area contributed by atoms with E-state index in [1.807, 2.05) is 0 Å². The number of cyclic esters (lactones) is 1. The van der Waals surface area contributed by atoms with Crippen LogP contribution in [0.2, 0.25) is 0 Å². The van der Waals surface area contributed by atoms with E-state index in [0.29, 0.717) is 48.9 Å². The number of primary amides is 1. The molecule has 0 radical (unpaired) electrons. The lowest BCUT2D eigenvalue weighted by Crippen LogP contribution is -2.63. The number of rotatable bonds is 34. The lowest BCUT2D eigenvalue weighted by molar-refractivity contribution is -0.157. The number of carbonyl (C=O) groups excluding carboxylic acids is 12. The summed E-state index contributed by atoms with van der Waals surface area (Å²) in [7, 11) is 0. The number of ether oxygens (including phenoxy) is 1. The molecule has 0 spiro atoms. The van der Waals surface area contributed by atoms with Crippen LogP contribution >= 0.6 is 0 Å². The molecule has 530 valence electrons. The summed E-state index contributed by atoms with van der Waals surface area (Å²) in [6, 6.07) is -5.07. The van der Waals surface area contributed by atoms with Gasteiger partial charge in [0.05, 0.1) is 24.8 Å². The van der Waals surface area contributed by atoms with Crippen molar-refractivity contribution in [2.24, 2.45) is 40.9 Å². The molecule has 0 saturated carbocycles. The van der Waals surface area contributed by atoms with Gasteiger partial charge in [-0.1, -0.05) is 117 Å². The topological polar surface area (TPSA) is 453 Å². The summed E-state index contributed by atoms with van der Waals surface area (Å²) in [6.45, 7) is 14.1. The summed E-state index contributed by atoms with van der Waals surface area (Å²) >= 11 is 0. The largest absolute Gasteiger partial charge is 0.458 e. The molecular formula is C64H98F3N13O15. The first-order valence-electron chi connectivity index (χ1n) is 32.2. The molecule has 28 nitrogen and oxygen atoms in total. The molecule has 2 aromatic carbocycles. The van der Waals surface area contributed by atoms with Gasteiger partial charge in [-0.2, -0.15) is 13.2 Å². The molecule has 2 aromatic rings. The van der Waals surface area contributed by atoms with Crippen molar-refractivity contribution in [1.82, 2.24) is 53.2 Å². The predicted molar refractivity (Wildman–Crippen MR) is 342 cm³/mol. The fourth-order valence-corrected chi connectivity index (χ4v) is 9.96. The van der Waals surface area contributed by atoms with Crippen LogP contribution in [0.25, 0.3) is 11.1 Å². The van der Waals surface area contributed by atoms with Gasteiger partial charge in [-0.15, -0.1) is 0 Å². The third kappa shape index (κ3) is 24.8. The zero-order valence-corrected chi connectivity index (χ0v) is 55.6. The molecule has 3 rings (SSSR count). The van der Waals surface area contributed by atoms with Gasteiger partial charge >= 0.3 is 12.1 Å². The molecule has 95 heavy (non-hydrogen) atoms. The van der Waals surface area contributed by atoms with E-state index in [1.54, 1.807) is 79.7 Å². The lowest BCUT2D eigenvalue weighted by atomic mass is 9.94. The van der Waals surface area contributed by atoms with Gasteiger partial charge in [0.25, 0.3) is 0 Å². The number of amides is 11. The number of benzene rings is 2. The third-order valence-corrected chi connectivity index (χ3v) is 17.1. The number of aliphatic hydroxyl groups is 2. The zero-order chi connectivity index (χ0) is 71.6. The van der Waals surface area contributed by atoms with Crippen molar-refractivity contribution < 1.29 is 85.7 Å². The SMILES string of the molecule is CC[C@@H](C)[C@@H](NC(=O)[C@@H](CCC(N)=O)NC(=O)[C@H](CO)NC(=O)[C@@H](NC(=O)[C@H](N)Cc1ccc(-c2ccc(C(F)(F)F)cc2)cc1)[C@@H](C)CC)C(=O)N[C@H](C(=O)N[C@@H](CO)C(=O)N[C@H]1C(=O)N[C@@H](C)C(=O)N[C@@H](CCCCN)C(=O)N[C@@H]([C@@H](C)CC)C(=O)O[C@H]1C)[C@@H](C)CC. The van der Waals surface area contributed by atoms with Gasteiger partial charge in [-0.05, 0) is 105 Å². The molecular weight excluding hydrogens is 1250 g/mol. The Kier molecular flexibility index (Phi) is 33.2. The molecule has 0 unspecified atom stereocenters. The molecule has 1 saturated heterocycles. The van der Waals surface area contributed by atoms with Crippen LogP contribution in [0.15, 0.2) is 48.5 Å². The van der Waals surface area contributed by atoms with Crippen molar-refractivity contribution in [3.63, 3.8) is 0 Å². The van der Waals surface area contributed by atoms with Crippen LogP contribution in [0.5, 0.6) is 0 Å². The van der Waals surface area contributed by atoms with E-state index in [4.69, 9.17) is 21.9 Å². The number of hydrogen-bond donors (Lipinski definition) is 15. The Labute approximate surface area is 551 Å². The quantitative estimate of drug-likeness (QED) is 0.0314. The van der Waals surface area contributed by atoms with Crippen molar-refractivity contribution in [2.75, 3.05) is 19.8 Å². The van der Waals surface area contributed by atoms with Crippen LogP contribution in [-0.2, 0) is 74.9 Å². The maximum absolute atomic E-state index is 14.4. The predicted octanol–water partition coefficient (Wildman–Crippen LogP) is -0.381. The average molecular weight is 1350 g/mol. The smallest absolute Gasteiger partial charge is 0.416 e. The Balaban J connectivity index is 1.82. The Bertz CT molecular complexity index is 2940. The lowest BCUT2D eigenvalue weighted by Gasteiger charge is -2.31. The van der Waals surface area contributed by atoms with E-state index in [2.05, 4.69) is 53.2 Å². The second kappa shape index (κ2) is 38.9. The Morgan fingerprint density at radius 2 is 1.05 bits per heavy atom. The van der Waals surface area contributed by atoms with Crippen molar-refractivity contribution >= 4 is 70.9 Å². The first-order chi connectivity index (χ1) is 44.7. The number of nitrogens with two attached hydrogens (primary N) is 3. The van der Waals surface area contributed by atoms with E-state index in [0.717, 1.165) is 12.1 Å². The average Bonchev–Trinajstić information content (AvgIpc) is 1.84. The fraction of sp³-hybridized carbons (Fsp3) is 0.625. The number of unbranched alkanes of at least 4 members (excludes halogenated alkanes) is 1. The normalized spacial score (nSPS) is 20.6. The minimum absolute atomic E-state index is 0.0244. The molecule has 0 bridgehead atoms. The molecule has 1 aliphatic rings. The first kappa shape index (κ1) is 80.9. The summed E-state index contributed by atoms with van der Waals surface area (Å²) in [5.74, 6) is -13.8. The minimum Gasteiger partial charge on any atom is -0.458 e. The summed E-state index contributed by atoms with van der Waals surface area (Å²) in [5.41, 5.74) is 18.3. The van der Waals surface area contributed by atoms with E-state index in [9.17, 15) is 80.9 Å². The van der Waals surface area contributed by atoms with Gasteiger partial charge in [0, 0.05) is 6.42 Å². The molecule has 0 aliphatic carbocycles. The number of halogens is 3. The Morgan fingerprint density at radius 3 is 1.53 bits per heavy atom. The molecule has 31 heteroatoms. The summed E-state index contributed by atoms with van der Waals surface area (Å²) in [4.78, 5) is 165. The van der Waals surface area contributed by atoms with Crippen molar-refractivity contribution in [3.8, 4) is 11.1 Å². The van der Waals surface area contributed by atoms with E-state index in [1.165, 1.54) is 26.0 Å². The van der Waals surface area contributed by atoms with Crippen LogP contribution in [0.3, 0.4) is 0 Å². The molecule has 1 fully saturated rings. The van der Waals surface area contributed by atoms with E-state index < -0.39 is 205 Å². The number of esters is 1. The standard InChI is InChI=1S/C64H98F3N13O15/c1-11-32(5)48(76-54(85)42(69)29-38-18-20-39(21-19-38)40-22-24-41(25-23-40)64(65,66)67)59(90)74-45(30-81)57(88)73-44(26-27-47(70)83)56(87)77-50(34(7)13-3)61(92)78-49(33(6)12-2)60(91)75-46(31-82)58(89)80-52-37(10)95-63(94)51(35(8)14-4)79-55(86)43(17-15-16-28-68)72-53(84)36(9)71-62(52)93/h18-25,32-37,42-46,48-52,81-82H,11-17,26-31,68-69H2,1-10H3,(H2,70,83)(H,71,93)(H,72,84)(H,73,88)(H,74,90)(H,75,91)(H,76,85)(H,77,87)(H,78,92)(H,79,86)(H,80,89)/t32-,33-,34+,35-,36-,37-,42+,43-,44+,45-,46-,48-,49-,50+,51-,52+/m0/s1. The maximum atomic E-state index is 14.4. The van der Waals surface area contributed by atoms with Crippen LogP contribution in [-0.4, -0.2) is 173 Å². The van der Waals surface area contributed by atoms with Gasteiger partial charge in [0.2, 0.25) is 65.0 Å². The fourth-order valence-electron chi connectivity index (χ4n) is 9.96. The van der Waals surface area contributed by atoms with Crippen LogP contribution in [0, 0.1) is 23.7 Å². The maximum Gasteiger partial charge on any atom is 0.416 e. The number of carbonyl (C=O) groups is 12. The number of hydrogen-bond acceptors (Lipinski definition) is 17. The highest BCUT2D eigenvalue weighted by molar-refractivity contribution is 5.99. The molecule has 16 atom stereocenters. The summed E-state index contributed by atoms with van der Waals surface area (Å²) < 4.78 is 45.0. The molecule has 1 heterocycles. The first-order valence-corrected chi connectivity index (χ1v) is 32.2. The van der Waals surface area contributed by atoms with Crippen LogP contribution in [0.1, 0.15) is 138 Å². The summed E-state index contributed by atoms with van der Waals surface area (Å²) in [5, 5.41) is 46.1. The van der Waals surface area contributed by atoms with Crippen LogP contribution in [0.4, 0.5) is 13.2 Å². The van der Waals surface area contributed by atoms with Gasteiger partial charge in [0.1, 0.15) is 66.5 Å². The monoisotopic (exact) mass is 1350 g/mol. The van der Waals surface area contributed by atoms with Crippen LogP contribution < -0.4 is 70.4 Å². The minimum atomic E-state index is -4.50. The van der Waals surface area contributed by atoms with Gasteiger partial charge < -0.3 is 85.3 Å². The highest BCUT2D eigenvalue weighted by Crippen LogP contribution is 2.31. The zero-order valence-electron chi connectivity index (χ0n) is 55.6. The highest BCUT2D eigenvalue weighted by atomic mass is 19.4. The van der Waals surface area contributed by atoms with E-state index >= 15 is 0 Å². The number of alkyl halides is 3. The number of nitrogens with one attached hydrogen (secondary N) is 10. The summed E-state index contributed by atoms with van der Waals surface area (Å²) in [6.07, 6.45) is -4.69. The van der Waals surface area contributed by atoms with E-state index in [-0.39, 0.29) is 25.7 Å². The second-order valence-corrected chi connectivity index (χ2v) is 24.3. The van der Waals surface area contributed by atoms with Gasteiger partial charge in [0.15, 0.2) is 0 Å². The number of aliphatic hydroxyl groups excluding tert-OH is 2. The molecule has 18 N–H and O–H groups in total. The van der Waals surface area contributed by atoms with Gasteiger partial charge in [-0.25, -0.2) is 4.79 Å². The van der Waals surface area contributed by atoms with Crippen molar-refractivity contribution in [2.45, 2.75) is 212 Å². The molecule has 11 amide bonds.